The minimum atomic E-state index is -1.97. The van der Waals surface area contributed by atoms with Crippen molar-refractivity contribution in [1.82, 2.24) is 14.9 Å². The Balaban J connectivity index is 2.01. The van der Waals surface area contributed by atoms with Crippen LogP contribution in [-0.2, 0) is 17.0 Å². The van der Waals surface area contributed by atoms with E-state index in [4.69, 9.17) is 5.73 Å². The number of benzene rings is 1. The maximum Gasteiger partial charge on any atom is 0.268 e. The molecule has 0 aliphatic carbocycles. The van der Waals surface area contributed by atoms with E-state index in [-0.39, 0.29) is 33.9 Å². The van der Waals surface area contributed by atoms with Crippen LogP contribution in [0.3, 0.4) is 0 Å². The van der Waals surface area contributed by atoms with Gasteiger partial charge in [0.25, 0.3) is 5.91 Å². The number of likely N-dealkylation sites (N-methyl/N-ethyl adjacent to an activating group) is 1. The van der Waals surface area contributed by atoms with Crippen molar-refractivity contribution in [2.24, 2.45) is 10.7 Å². The Kier molecular flexibility index (Phi) is 4.73. The Labute approximate surface area is 169 Å². The Morgan fingerprint density at radius 1 is 1.10 bits per heavy atom. The minimum absolute atomic E-state index is 0.0117. The zero-order valence-corrected chi connectivity index (χ0v) is 15.8. The van der Waals surface area contributed by atoms with E-state index >= 15 is 4.39 Å². The van der Waals surface area contributed by atoms with Gasteiger partial charge in [-0.2, -0.15) is 4.39 Å². The molecule has 9 heteroatoms. The lowest BCUT2D eigenvalue weighted by Gasteiger charge is -2.26. The third-order valence-corrected chi connectivity index (χ3v) is 5.02. The van der Waals surface area contributed by atoms with Crippen molar-refractivity contribution in [3.05, 3.63) is 83.4 Å². The SMILES string of the molecule is CN1C(=O)C(c2cc(CF)ccn2)(c2cc(-c3cccnc3F)ccc2F)N=C1N. The third kappa shape index (κ3) is 2.90. The number of carbonyl (C=O) groups excluding carboxylic acids is 1. The molecule has 2 N–H and O–H groups in total. The van der Waals surface area contributed by atoms with Gasteiger partial charge in [-0.15, -0.1) is 0 Å². The van der Waals surface area contributed by atoms with E-state index in [1.807, 2.05) is 0 Å². The monoisotopic (exact) mass is 411 g/mol. The highest BCUT2D eigenvalue weighted by Gasteiger charge is 2.52. The van der Waals surface area contributed by atoms with E-state index < -0.39 is 29.9 Å². The van der Waals surface area contributed by atoms with Gasteiger partial charge in [0.05, 0.1) is 5.69 Å². The highest BCUT2D eigenvalue weighted by atomic mass is 19.1. The molecule has 1 aliphatic rings. The molecule has 6 nitrogen and oxygen atoms in total. The molecule has 2 aromatic heterocycles. The van der Waals surface area contributed by atoms with Gasteiger partial charge in [-0.05, 0) is 47.5 Å². The second-order valence-electron chi connectivity index (χ2n) is 6.76. The molecule has 4 rings (SSSR count). The fraction of sp³-hybridized carbons (Fsp3) is 0.143. The number of aromatic nitrogens is 2. The van der Waals surface area contributed by atoms with E-state index in [0.29, 0.717) is 0 Å². The van der Waals surface area contributed by atoms with Crippen LogP contribution in [0.4, 0.5) is 13.2 Å². The molecular formula is C21H16F3N5O. The first-order valence-corrected chi connectivity index (χ1v) is 8.94. The summed E-state index contributed by atoms with van der Waals surface area (Å²) in [5, 5.41) is 0. The molecule has 0 saturated carbocycles. The summed E-state index contributed by atoms with van der Waals surface area (Å²) < 4.78 is 42.6. The van der Waals surface area contributed by atoms with Crippen LogP contribution in [-0.4, -0.2) is 33.8 Å². The van der Waals surface area contributed by atoms with Crippen LogP contribution in [0.15, 0.2) is 59.9 Å². The van der Waals surface area contributed by atoms with E-state index in [1.54, 1.807) is 0 Å². The predicted molar refractivity (Wildman–Crippen MR) is 104 cm³/mol. The summed E-state index contributed by atoms with van der Waals surface area (Å²) in [5.41, 5.74) is 4.39. The minimum Gasteiger partial charge on any atom is -0.369 e. The molecule has 1 aliphatic heterocycles. The van der Waals surface area contributed by atoms with Gasteiger partial charge in [-0.3, -0.25) is 14.7 Å². The molecule has 1 amide bonds. The second kappa shape index (κ2) is 7.25. The Morgan fingerprint density at radius 3 is 2.57 bits per heavy atom. The molecule has 1 aromatic carbocycles. The third-order valence-electron chi connectivity index (χ3n) is 5.02. The summed E-state index contributed by atoms with van der Waals surface area (Å²) in [7, 11) is 1.39. The number of nitrogens with two attached hydrogens (primary N) is 1. The molecule has 1 unspecified atom stereocenters. The summed E-state index contributed by atoms with van der Waals surface area (Å²) in [6.07, 6.45) is 2.60. The van der Waals surface area contributed by atoms with E-state index in [2.05, 4.69) is 15.0 Å². The highest BCUT2D eigenvalue weighted by molar-refractivity contribution is 6.08. The molecule has 1 atom stereocenters. The van der Waals surface area contributed by atoms with Crippen molar-refractivity contribution in [3.63, 3.8) is 0 Å². The second-order valence-corrected chi connectivity index (χ2v) is 6.76. The van der Waals surface area contributed by atoms with Crippen molar-refractivity contribution in [2.45, 2.75) is 12.2 Å². The summed E-state index contributed by atoms with van der Waals surface area (Å²) >= 11 is 0. The number of halogens is 3. The van der Waals surface area contributed by atoms with Gasteiger partial charge < -0.3 is 5.73 Å². The van der Waals surface area contributed by atoms with Crippen molar-refractivity contribution >= 4 is 11.9 Å². The molecule has 3 heterocycles. The van der Waals surface area contributed by atoms with E-state index in [1.165, 1.54) is 55.8 Å². The number of aliphatic imine (C=N–C) groups is 1. The summed E-state index contributed by atoms with van der Waals surface area (Å²) in [5.74, 6) is -2.33. The number of hydrogen-bond donors (Lipinski definition) is 1. The zero-order chi connectivity index (χ0) is 21.5. The van der Waals surface area contributed by atoms with Gasteiger partial charge in [-0.1, -0.05) is 6.07 Å². The van der Waals surface area contributed by atoms with Gasteiger partial charge in [0.15, 0.2) is 5.96 Å². The molecule has 0 saturated heterocycles. The first-order valence-electron chi connectivity index (χ1n) is 8.94. The molecule has 0 radical (unpaired) electrons. The first kappa shape index (κ1) is 19.6. The van der Waals surface area contributed by atoms with E-state index in [9.17, 15) is 13.6 Å². The lowest BCUT2D eigenvalue weighted by atomic mass is 9.83. The number of nitrogens with zero attached hydrogens (tertiary/aromatic N) is 4. The average Bonchev–Trinajstić information content (AvgIpc) is 2.99. The van der Waals surface area contributed by atoms with Gasteiger partial charge in [0.1, 0.15) is 12.5 Å². The summed E-state index contributed by atoms with van der Waals surface area (Å²) in [6.45, 7) is -0.807. The van der Waals surface area contributed by atoms with Crippen LogP contribution in [0.25, 0.3) is 11.1 Å². The van der Waals surface area contributed by atoms with E-state index in [0.717, 1.165) is 11.0 Å². The number of hydrogen-bond acceptors (Lipinski definition) is 5. The van der Waals surface area contributed by atoms with Gasteiger partial charge in [-0.25, -0.2) is 18.8 Å². The lowest BCUT2D eigenvalue weighted by Crippen LogP contribution is -2.42. The van der Waals surface area contributed by atoms with Crippen LogP contribution in [0.2, 0.25) is 0 Å². The standard InChI is InChI=1S/C21H16F3N5O/c1-29-19(30)21(28-20(29)25,17-9-12(11-22)6-8-26-17)15-10-13(4-5-16(15)23)14-3-2-7-27-18(14)24/h2-10H,11H2,1H3,(H2,25,28). The smallest absolute Gasteiger partial charge is 0.268 e. The van der Waals surface area contributed by atoms with Crippen LogP contribution >= 0.6 is 0 Å². The van der Waals surface area contributed by atoms with Gasteiger partial charge >= 0.3 is 0 Å². The Bertz CT molecular complexity index is 1180. The number of rotatable bonds is 4. The number of guanidine groups is 1. The Hall–Kier alpha value is -3.75. The molecule has 3 aromatic rings. The largest absolute Gasteiger partial charge is 0.369 e. The van der Waals surface area contributed by atoms with Crippen LogP contribution in [0, 0.1) is 11.8 Å². The topological polar surface area (TPSA) is 84.5 Å². The molecule has 152 valence electrons. The Morgan fingerprint density at radius 2 is 1.90 bits per heavy atom. The van der Waals surface area contributed by atoms with Crippen LogP contribution in [0.5, 0.6) is 0 Å². The molecule has 0 spiro atoms. The molecule has 0 fully saturated rings. The van der Waals surface area contributed by atoms with Crippen LogP contribution < -0.4 is 5.73 Å². The van der Waals surface area contributed by atoms with Crippen molar-refractivity contribution < 1.29 is 18.0 Å². The molecule has 0 bridgehead atoms. The fourth-order valence-corrected chi connectivity index (χ4v) is 3.45. The van der Waals surface area contributed by atoms with Crippen molar-refractivity contribution in [1.29, 1.82) is 0 Å². The number of pyridine rings is 2. The maximum absolute atomic E-state index is 15.1. The summed E-state index contributed by atoms with van der Waals surface area (Å²) in [6, 6.07) is 9.58. The van der Waals surface area contributed by atoms with Crippen molar-refractivity contribution in [2.75, 3.05) is 7.05 Å². The summed E-state index contributed by atoms with van der Waals surface area (Å²) in [4.78, 5) is 26.3. The van der Waals surface area contributed by atoms with Gasteiger partial charge in [0.2, 0.25) is 11.5 Å². The van der Waals surface area contributed by atoms with Crippen LogP contribution in [0.1, 0.15) is 16.8 Å². The number of carbonyl (C=O) groups is 1. The molecule has 30 heavy (non-hydrogen) atoms. The number of alkyl halides is 1. The van der Waals surface area contributed by atoms with Gasteiger partial charge in [0, 0.05) is 30.6 Å². The lowest BCUT2D eigenvalue weighted by molar-refractivity contribution is -0.129. The quantitative estimate of drug-likeness (QED) is 0.669. The molecular weight excluding hydrogens is 395 g/mol. The number of amides is 1. The van der Waals surface area contributed by atoms with Crippen molar-refractivity contribution in [3.8, 4) is 11.1 Å². The fourth-order valence-electron chi connectivity index (χ4n) is 3.45. The zero-order valence-electron chi connectivity index (χ0n) is 15.8. The maximum atomic E-state index is 15.1. The predicted octanol–water partition coefficient (Wildman–Crippen LogP) is 2.92. The highest BCUT2D eigenvalue weighted by Crippen LogP contribution is 2.41. The normalized spacial score (nSPS) is 18.6. The average molecular weight is 411 g/mol. The first-order chi connectivity index (χ1) is 14.4.